The van der Waals surface area contributed by atoms with Crippen molar-refractivity contribution in [3.8, 4) is 11.5 Å². The fraction of sp³-hybridized carbons (Fsp3) is 0.400. The average molecular weight is 422 g/mol. The number of amides is 1. The zero-order valence-corrected chi connectivity index (χ0v) is 17.1. The van der Waals surface area contributed by atoms with E-state index in [1.54, 1.807) is 6.92 Å². The van der Waals surface area contributed by atoms with Gasteiger partial charge in [0.2, 0.25) is 17.3 Å². The number of benzene rings is 1. The summed E-state index contributed by atoms with van der Waals surface area (Å²) in [5, 5.41) is 2.34. The van der Waals surface area contributed by atoms with Crippen LogP contribution in [0.15, 0.2) is 17.9 Å². The highest BCUT2D eigenvalue weighted by Gasteiger charge is 2.59. The average Bonchev–Trinajstić information content (AvgIpc) is 2.98. The maximum absolute atomic E-state index is 13.5. The van der Waals surface area contributed by atoms with Gasteiger partial charge in [-0.3, -0.25) is 19.2 Å². The van der Waals surface area contributed by atoms with Crippen molar-refractivity contribution < 1.29 is 33.4 Å². The summed E-state index contributed by atoms with van der Waals surface area (Å²) >= 11 is 6.43. The molecule has 0 saturated carbocycles. The quantitative estimate of drug-likeness (QED) is 0.725. The number of rotatable bonds is 5. The van der Waals surface area contributed by atoms with E-state index in [0.29, 0.717) is 0 Å². The molecule has 1 aromatic rings. The Morgan fingerprint density at radius 2 is 2.00 bits per heavy atom. The van der Waals surface area contributed by atoms with E-state index < -0.39 is 23.1 Å². The number of Topliss-reactive ketones (excluding diaryl/α,β-unsaturated/α-hetero) is 2. The van der Waals surface area contributed by atoms with Gasteiger partial charge in [-0.05, 0) is 6.07 Å². The predicted molar refractivity (Wildman–Crippen MR) is 103 cm³/mol. The molecular weight excluding hydrogens is 402 g/mol. The molecule has 0 radical (unpaired) electrons. The number of methoxy groups -OCH3 is 2. The van der Waals surface area contributed by atoms with Crippen LogP contribution in [-0.2, 0) is 14.3 Å². The highest BCUT2D eigenvalue weighted by atomic mass is 35.5. The minimum Gasteiger partial charge on any atom is -0.496 e. The lowest BCUT2D eigenvalue weighted by atomic mass is 9.75. The molecule has 2 atom stereocenters. The van der Waals surface area contributed by atoms with Crippen LogP contribution in [0.1, 0.15) is 41.0 Å². The molecule has 1 aliphatic heterocycles. The van der Waals surface area contributed by atoms with Crippen LogP contribution in [0.5, 0.6) is 11.5 Å². The van der Waals surface area contributed by atoms with Crippen molar-refractivity contribution in [2.75, 3.05) is 20.8 Å². The van der Waals surface area contributed by atoms with Crippen molar-refractivity contribution in [1.82, 2.24) is 5.32 Å². The number of hydrogen-bond donors (Lipinski definition) is 1. The van der Waals surface area contributed by atoms with E-state index in [1.807, 2.05) is 0 Å². The smallest absolute Gasteiger partial charge is 0.231 e. The van der Waals surface area contributed by atoms with Gasteiger partial charge in [0.1, 0.15) is 11.3 Å². The molecular formula is C20H20ClNO7. The van der Waals surface area contributed by atoms with Gasteiger partial charge in [0.15, 0.2) is 23.1 Å². The first-order valence-electron chi connectivity index (χ1n) is 8.88. The monoisotopic (exact) mass is 421 g/mol. The lowest BCUT2D eigenvalue weighted by Crippen LogP contribution is -2.51. The molecule has 0 aromatic heterocycles. The minimum absolute atomic E-state index is 0.00802. The summed E-state index contributed by atoms with van der Waals surface area (Å²) in [5.41, 5.74) is -1.44. The predicted octanol–water partition coefficient (Wildman–Crippen LogP) is 2.12. The van der Waals surface area contributed by atoms with Crippen LogP contribution in [0.2, 0.25) is 5.02 Å². The topological polar surface area (TPSA) is 108 Å². The molecule has 1 amide bonds. The normalized spacial score (nSPS) is 22.7. The molecule has 0 bridgehead atoms. The van der Waals surface area contributed by atoms with Gasteiger partial charge in [-0.2, -0.15) is 0 Å². The Kier molecular flexibility index (Phi) is 5.40. The Morgan fingerprint density at radius 3 is 2.59 bits per heavy atom. The second-order valence-electron chi connectivity index (χ2n) is 6.93. The van der Waals surface area contributed by atoms with Gasteiger partial charge in [-0.25, -0.2) is 0 Å². The lowest BCUT2D eigenvalue weighted by molar-refractivity contribution is -0.119. The summed E-state index contributed by atoms with van der Waals surface area (Å²) in [5.74, 6) is -1.85. The number of fused-ring (bicyclic) bond motifs is 1. The molecule has 0 fully saturated rings. The Labute approximate surface area is 172 Å². The summed E-state index contributed by atoms with van der Waals surface area (Å²) in [6.45, 7) is 2.72. The van der Waals surface area contributed by atoms with Crippen LogP contribution < -0.4 is 14.8 Å². The van der Waals surface area contributed by atoms with Crippen LogP contribution in [0.3, 0.4) is 0 Å². The maximum atomic E-state index is 13.5. The molecule has 9 heteroatoms. The van der Waals surface area contributed by atoms with Crippen molar-refractivity contribution in [2.45, 2.75) is 25.9 Å². The summed E-state index contributed by atoms with van der Waals surface area (Å²) < 4.78 is 16.7. The first-order valence-corrected chi connectivity index (χ1v) is 9.26. The molecule has 1 N–H and O–H groups in total. The van der Waals surface area contributed by atoms with E-state index in [-0.39, 0.29) is 58.1 Å². The number of ether oxygens (including phenoxy) is 3. The fourth-order valence-electron chi connectivity index (χ4n) is 3.68. The first kappa shape index (κ1) is 20.9. The van der Waals surface area contributed by atoms with Crippen molar-refractivity contribution in [3.05, 3.63) is 34.1 Å². The Bertz CT molecular complexity index is 968. The molecule has 1 aliphatic carbocycles. The van der Waals surface area contributed by atoms with Gasteiger partial charge in [0.25, 0.3) is 0 Å². The van der Waals surface area contributed by atoms with Crippen molar-refractivity contribution in [1.29, 1.82) is 0 Å². The van der Waals surface area contributed by atoms with Gasteiger partial charge < -0.3 is 19.5 Å². The van der Waals surface area contributed by atoms with Gasteiger partial charge in [-0.1, -0.05) is 18.5 Å². The summed E-state index contributed by atoms with van der Waals surface area (Å²) in [4.78, 5) is 49.1. The van der Waals surface area contributed by atoms with Crippen molar-refractivity contribution >= 4 is 34.9 Å². The lowest BCUT2D eigenvalue weighted by Gasteiger charge is -2.36. The Hall–Kier alpha value is -2.87. The van der Waals surface area contributed by atoms with Crippen molar-refractivity contribution in [3.63, 3.8) is 0 Å². The standard InChI is InChI=1S/C20H20ClNO7/c1-9-5-11(24)6-15(28-4)20(9)19(26)16-14(27-3)7-12(17(21)18(16)29-20)13(25)8-22-10(2)23/h6-7,9H,5,8H2,1-4H3,(H,22,23)/t9-,20+/m1/s1. The highest BCUT2D eigenvalue weighted by Crippen LogP contribution is 2.52. The van der Waals surface area contributed by atoms with E-state index in [1.165, 1.54) is 33.3 Å². The number of carbonyl (C=O) groups is 4. The van der Waals surface area contributed by atoms with Crippen LogP contribution in [0, 0.1) is 5.92 Å². The molecule has 0 unspecified atom stereocenters. The molecule has 1 heterocycles. The number of allylic oxidation sites excluding steroid dienone is 1. The molecule has 3 rings (SSSR count). The Balaban J connectivity index is 2.15. The first-order chi connectivity index (χ1) is 13.7. The summed E-state index contributed by atoms with van der Waals surface area (Å²) in [7, 11) is 2.70. The number of carbonyl (C=O) groups excluding carboxylic acids is 4. The van der Waals surface area contributed by atoms with Crippen LogP contribution in [0.4, 0.5) is 0 Å². The Morgan fingerprint density at radius 1 is 1.31 bits per heavy atom. The van der Waals surface area contributed by atoms with Crippen LogP contribution in [0.25, 0.3) is 0 Å². The second kappa shape index (κ2) is 7.51. The fourth-order valence-corrected chi connectivity index (χ4v) is 3.97. The summed E-state index contributed by atoms with van der Waals surface area (Å²) in [6, 6.07) is 1.35. The molecule has 1 aromatic carbocycles. The van der Waals surface area contributed by atoms with E-state index >= 15 is 0 Å². The molecule has 29 heavy (non-hydrogen) atoms. The maximum Gasteiger partial charge on any atom is 0.231 e. The molecule has 1 spiro atoms. The van der Waals surface area contributed by atoms with Crippen LogP contribution >= 0.6 is 11.6 Å². The number of hydrogen-bond acceptors (Lipinski definition) is 7. The molecule has 154 valence electrons. The van der Waals surface area contributed by atoms with Gasteiger partial charge in [0, 0.05) is 30.9 Å². The van der Waals surface area contributed by atoms with Crippen LogP contribution in [-0.4, -0.2) is 49.6 Å². The van der Waals surface area contributed by atoms with Gasteiger partial charge in [0.05, 0.1) is 25.8 Å². The number of ketones is 3. The third kappa shape index (κ3) is 3.17. The van der Waals surface area contributed by atoms with Crippen molar-refractivity contribution in [2.24, 2.45) is 5.92 Å². The second-order valence-corrected chi connectivity index (χ2v) is 7.31. The zero-order valence-electron chi connectivity index (χ0n) is 16.4. The molecule has 0 saturated heterocycles. The molecule has 8 nitrogen and oxygen atoms in total. The van der Waals surface area contributed by atoms with Gasteiger partial charge in [-0.15, -0.1) is 0 Å². The minimum atomic E-state index is -1.57. The molecule has 2 aliphatic rings. The van der Waals surface area contributed by atoms with E-state index in [0.717, 1.165) is 0 Å². The van der Waals surface area contributed by atoms with E-state index in [4.69, 9.17) is 25.8 Å². The van der Waals surface area contributed by atoms with E-state index in [9.17, 15) is 19.2 Å². The highest BCUT2D eigenvalue weighted by molar-refractivity contribution is 6.37. The number of nitrogens with one attached hydrogen (secondary N) is 1. The zero-order chi connectivity index (χ0) is 21.5. The van der Waals surface area contributed by atoms with E-state index in [2.05, 4.69) is 5.32 Å². The third-order valence-electron chi connectivity index (χ3n) is 5.11. The SMILES string of the molecule is COC1=CC(=O)C[C@@H](C)[C@]12Oc1c(Cl)c(C(=O)CNC(C)=O)cc(OC)c1C2=O. The number of halogens is 1. The largest absolute Gasteiger partial charge is 0.496 e. The van der Waals surface area contributed by atoms with Gasteiger partial charge >= 0.3 is 0 Å². The third-order valence-corrected chi connectivity index (χ3v) is 5.49. The summed E-state index contributed by atoms with van der Waals surface area (Å²) in [6.07, 6.45) is 1.33.